The van der Waals surface area contributed by atoms with E-state index in [2.05, 4.69) is 22.6 Å². The average Bonchev–Trinajstić information content (AvgIpc) is 2.80. The van der Waals surface area contributed by atoms with Crippen LogP contribution >= 0.6 is 23.2 Å². The first-order chi connectivity index (χ1) is 11.1. The number of benzene rings is 1. The van der Waals surface area contributed by atoms with Gasteiger partial charge in [-0.3, -0.25) is 0 Å². The van der Waals surface area contributed by atoms with Crippen molar-refractivity contribution in [2.75, 3.05) is 20.1 Å². The van der Waals surface area contributed by atoms with Gasteiger partial charge in [-0.15, -0.1) is 0 Å². The minimum absolute atomic E-state index is 0.0543. The Morgan fingerprint density at radius 1 is 1.09 bits per heavy atom. The first kappa shape index (κ1) is 15.4. The van der Waals surface area contributed by atoms with Crippen molar-refractivity contribution < 1.29 is 4.74 Å². The molecule has 1 aromatic heterocycles. The molecule has 23 heavy (non-hydrogen) atoms. The molecule has 2 aliphatic heterocycles. The highest BCUT2D eigenvalue weighted by molar-refractivity contribution is 6.30. The maximum atomic E-state index is 6.47. The number of halogens is 2. The SMILES string of the molecule is CN1CCC(C2Oc3ccc(Cl)cc3Cn3c(Cl)ccc32)CC1. The molecule has 1 fully saturated rings. The van der Waals surface area contributed by atoms with E-state index in [0.29, 0.717) is 12.5 Å². The molecule has 3 nitrogen and oxygen atoms in total. The predicted molar refractivity (Wildman–Crippen MR) is 93.6 cm³/mol. The minimum Gasteiger partial charge on any atom is -0.484 e. The summed E-state index contributed by atoms with van der Waals surface area (Å²) in [6.07, 6.45) is 2.35. The van der Waals surface area contributed by atoms with E-state index in [1.165, 1.54) is 5.69 Å². The molecule has 0 bridgehead atoms. The van der Waals surface area contributed by atoms with E-state index in [0.717, 1.165) is 47.4 Å². The Balaban J connectivity index is 1.75. The number of piperidine rings is 1. The summed E-state index contributed by atoms with van der Waals surface area (Å²) in [6.45, 7) is 2.94. The zero-order chi connectivity index (χ0) is 16.0. The highest BCUT2D eigenvalue weighted by Crippen LogP contribution is 2.40. The van der Waals surface area contributed by atoms with E-state index in [9.17, 15) is 0 Å². The first-order valence-electron chi connectivity index (χ1n) is 8.10. The van der Waals surface area contributed by atoms with Gasteiger partial charge in [0.2, 0.25) is 0 Å². The topological polar surface area (TPSA) is 17.4 Å². The monoisotopic (exact) mass is 350 g/mol. The molecule has 122 valence electrons. The quantitative estimate of drug-likeness (QED) is 0.746. The molecule has 1 unspecified atom stereocenters. The summed E-state index contributed by atoms with van der Waals surface area (Å²) in [6, 6.07) is 9.94. The van der Waals surface area contributed by atoms with Crippen LogP contribution in [0.15, 0.2) is 30.3 Å². The van der Waals surface area contributed by atoms with Crippen LogP contribution in [0.5, 0.6) is 5.75 Å². The van der Waals surface area contributed by atoms with Gasteiger partial charge in [0, 0.05) is 16.5 Å². The zero-order valence-electron chi connectivity index (χ0n) is 13.1. The summed E-state index contributed by atoms with van der Waals surface area (Å²) in [4.78, 5) is 2.38. The van der Waals surface area contributed by atoms with E-state index >= 15 is 0 Å². The second-order valence-corrected chi connectivity index (χ2v) is 7.42. The Labute approximate surface area is 146 Å². The van der Waals surface area contributed by atoms with Crippen molar-refractivity contribution in [3.63, 3.8) is 0 Å². The van der Waals surface area contributed by atoms with Crippen LogP contribution in [0.2, 0.25) is 10.2 Å². The summed E-state index contributed by atoms with van der Waals surface area (Å²) < 4.78 is 8.63. The Morgan fingerprint density at radius 3 is 2.65 bits per heavy atom. The number of ether oxygens (including phenoxy) is 1. The van der Waals surface area contributed by atoms with Crippen molar-refractivity contribution in [3.8, 4) is 5.75 Å². The molecule has 1 atom stereocenters. The molecule has 0 radical (unpaired) electrons. The fraction of sp³-hybridized carbons (Fsp3) is 0.444. The van der Waals surface area contributed by atoms with Crippen molar-refractivity contribution in [1.82, 2.24) is 9.47 Å². The smallest absolute Gasteiger partial charge is 0.141 e. The largest absolute Gasteiger partial charge is 0.484 e. The van der Waals surface area contributed by atoms with Crippen molar-refractivity contribution >= 4 is 23.2 Å². The van der Waals surface area contributed by atoms with Gasteiger partial charge >= 0.3 is 0 Å². The molecule has 4 rings (SSSR count). The molecular weight excluding hydrogens is 331 g/mol. The van der Waals surface area contributed by atoms with Gasteiger partial charge in [0.25, 0.3) is 0 Å². The second-order valence-electron chi connectivity index (χ2n) is 6.60. The number of fused-ring (bicyclic) bond motifs is 2. The van der Waals surface area contributed by atoms with Crippen LogP contribution in [0.25, 0.3) is 0 Å². The standard InChI is InChI=1S/C18H20Cl2N2O/c1-21-8-6-12(7-9-21)18-15-3-5-17(20)22(15)11-13-10-14(19)2-4-16(13)23-18/h2-5,10,12,18H,6-9,11H2,1H3. The van der Waals surface area contributed by atoms with E-state index in [4.69, 9.17) is 27.9 Å². The third-order valence-electron chi connectivity index (χ3n) is 5.05. The maximum absolute atomic E-state index is 6.47. The van der Waals surface area contributed by atoms with Gasteiger partial charge in [-0.25, -0.2) is 0 Å². The Morgan fingerprint density at radius 2 is 1.87 bits per heavy atom. The summed E-state index contributed by atoms with van der Waals surface area (Å²) in [7, 11) is 2.18. The lowest BCUT2D eigenvalue weighted by molar-refractivity contribution is 0.0823. The van der Waals surface area contributed by atoms with Crippen LogP contribution in [-0.4, -0.2) is 29.6 Å². The third-order valence-corrected chi connectivity index (χ3v) is 5.61. The molecule has 0 spiro atoms. The fourth-order valence-corrected chi connectivity index (χ4v) is 4.11. The summed E-state index contributed by atoms with van der Waals surface area (Å²) in [5.41, 5.74) is 2.27. The van der Waals surface area contributed by atoms with Crippen LogP contribution in [0, 0.1) is 5.92 Å². The van der Waals surface area contributed by atoms with Crippen LogP contribution in [-0.2, 0) is 6.54 Å². The summed E-state index contributed by atoms with van der Waals surface area (Å²) >= 11 is 12.6. The molecular formula is C18H20Cl2N2O. The lowest BCUT2D eigenvalue weighted by Crippen LogP contribution is -2.34. The van der Waals surface area contributed by atoms with Gasteiger partial charge in [0.1, 0.15) is 17.0 Å². The van der Waals surface area contributed by atoms with Crippen molar-refractivity contribution in [3.05, 3.63) is 51.8 Å². The van der Waals surface area contributed by atoms with E-state index < -0.39 is 0 Å². The second kappa shape index (κ2) is 6.04. The van der Waals surface area contributed by atoms with Crippen LogP contribution in [0.1, 0.15) is 30.2 Å². The van der Waals surface area contributed by atoms with E-state index in [1.807, 2.05) is 24.3 Å². The molecule has 2 aromatic rings. The number of hydrogen-bond acceptors (Lipinski definition) is 2. The summed E-state index contributed by atoms with van der Waals surface area (Å²) in [5.74, 6) is 1.44. The molecule has 1 aromatic carbocycles. The van der Waals surface area contributed by atoms with E-state index in [1.54, 1.807) is 0 Å². The number of aromatic nitrogens is 1. The summed E-state index contributed by atoms with van der Waals surface area (Å²) in [5, 5.41) is 1.49. The molecule has 0 saturated carbocycles. The molecule has 0 aliphatic carbocycles. The van der Waals surface area contributed by atoms with Crippen LogP contribution in [0.4, 0.5) is 0 Å². The molecule has 0 amide bonds. The predicted octanol–water partition coefficient (Wildman–Crippen LogP) is 4.62. The van der Waals surface area contributed by atoms with Gasteiger partial charge < -0.3 is 14.2 Å². The van der Waals surface area contributed by atoms with Crippen molar-refractivity contribution in [1.29, 1.82) is 0 Å². The highest BCUT2D eigenvalue weighted by Gasteiger charge is 2.33. The number of likely N-dealkylation sites (tertiary alicyclic amines) is 1. The van der Waals surface area contributed by atoms with E-state index in [-0.39, 0.29) is 6.10 Å². The fourth-order valence-electron chi connectivity index (χ4n) is 3.70. The highest BCUT2D eigenvalue weighted by atomic mass is 35.5. The van der Waals surface area contributed by atoms with Gasteiger partial charge in [0.05, 0.1) is 12.2 Å². The Hall–Kier alpha value is -1.16. The lowest BCUT2D eigenvalue weighted by Gasteiger charge is -2.34. The number of rotatable bonds is 1. The zero-order valence-corrected chi connectivity index (χ0v) is 14.6. The molecule has 1 saturated heterocycles. The minimum atomic E-state index is 0.0543. The Kier molecular flexibility index (Phi) is 4.04. The normalized spacial score (nSPS) is 22.1. The maximum Gasteiger partial charge on any atom is 0.141 e. The molecule has 5 heteroatoms. The Bertz CT molecular complexity index is 720. The lowest BCUT2D eigenvalue weighted by atomic mass is 9.89. The average molecular weight is 351 g/mol. The van der Waals surface area contributed by atoms with Crippen molar-refractivity contribution in [2.24, 2.45) is 5.92 Å². The van der Waals surface area contributed by atoms with Gasteiger partial charge in [0.15, 0.2) is 0 Å². The molecule has 2 aliphatic rings. The van der Waals surface area contributed by atoms with Crippen LogP contribution < -0.4 is 4.74 Å². The van der Waals surface area contributed by atoms with Gasteiger partial charge in [-0.1, -0.05) is 23.2 Å². The van der Waals surface area contributed by atoms with Gasteiger partial charge in [-0.05, 0) is 63.3 Å². The first-order valence-corrected chi connectivity index (χ1v) is 8.86. The number of hydrogen-bond donors (Lipinski definition) is 0. The molecule has 0 N–H and O–H groups in total. The third kappa shape index (κ3) is 2.86. The number of nitrogens with zero attached hydrogens (tertiary/aromatic N) is 2. The van der Waals surface area contributed by atoms with Crippen molar-refractivity contribution in [2.45, 2.75) is 25.5 Å². The van der Waals surface area contributed by atoms with Gasteiger partial charge in [-0.2, -0.15) is 0 Å². The molecule has 3 heterocycles. The van der Waals surface area contributed by atoms with Crippen LogP contribution in [0.3, 0.4) is 0 Å².